The van der Waals surface area contributed by atoms with Gasteiger partial charge in [0.2, 0.25) is 5.95 Å². The molecule has 28 heavy (non-hydrogen) atoms. The van der Waals surface area contributed by atoms with E-state index in [1.54, 1.807) is 4.90 Å². The molecule has 1 aliphatic heterocycles. The Bertz CT molecular complexity index is 737. The number of piperazine rings is 1. The van der Waals surface area contributed by atoms with Crippen molar-refractivity contribution in [1.82, 2.24) is 14.9 Å². The van der Waals surface area contributed by atoms with E-state index >= 15 is 0 Å². The van der Waals surface area contributed by atoms with Crippen LogP contribution in [0.25, 0.3) is 0 Å². The normalized spacial score (nSPS) is 25.1. The molecule has 1 aromatic rings. The second-order valence-electron chi connectivity index (χ2n) is 9.41. The fourth-order valence-electron chi connectivity index (χ4n) is 4.98. The van der Waals surface area contributed by atoms with Gasteiger partial charge in [0.1, 0.15) is 11.4 Å². The number of hydrogen-bond acceptors (Lipinski definition) is 6. The summed E-state index contributed by atoms with van der Waals surface area (Å²) in [5.41, 5.74) is 8.15. The van der Waals surface area contributed by atoms with Crippen molar-refractivity contribution in [3.63, 3.8) is 0 Å². The van der Waals surface area contributed by atoms with Crippen molar-refractivity contribution in [3.05, 3.63) is 11.3 Å². The Morgan fingerprint density at radius 2 is 1.79 bits per heavy atom. The van der Waals surface area contributed by atoms with Crippen molar-refractivity contribution in [3.8, 4) is 0 Å². The summed E-state index contributed by atoms with van der Waals surface area (Å²) in [4.78, 5) is 25.7. The van der Waals surface area contributed by atoms with Crippen LogP contribution in [0.4, 0.5) is 16.6 Å². The summed E-state index contributed by atoms with van der Waals surface area (Å²) in [5.74, 6) is 2.68. The quantitative estimate of drug-likeness (QED) is 0.796. The van der Waals surface area contributed by atoms with Crippen LogP contribution in [-0.2, 0) is 11.2 Å². The Morgan fingerprint density at radius 1 is 1.07 bits per heavy atom. The first-order valence-electron chi connectivity index (χ1n) is 10.7. The highest BCUT2D eigenvalue weighted by Gasteiger charge is 2.36. The van der Waals surface area contributed by atoms with Crippen LogP contribution in [0.2, 0.25) is 0 Å². The van der Waals surface area contributed by atoms with Gasteiger partial charge in [-0.1, -0.05) is 12.8 Å². The van der Waals surface area contributed by atoms with Crippen LogP contribution in [0.1, 0.15) is 70.1 Å². The minimum Gasteiger partial charge on any atom is -0.444 e. The number of carbonyl (C=O) groups excluding carboxylic acids is 1. The van der Waals surface area contributed by atoms with Crippen LogP contribution in [0.5, 0.6) is 0 Å². The van der Waals surface area contributed by atoms with E-state index < -0.39 is 5.60 Å². The second-order valence-corrected chi connectivity index (χ2v) is 9.41. The van der Waals surface area contributed by atoms with Crippen LogP contribution in [-0.4, -0.2) is 52.7 Å². The van der Waals surface area contributed by atoms with Gasteiger partial charge < -0.3 is 20.3 Å². The molecule has 1 saturated heterocycles. The number of nitrogen functional groups attached to an aromatic ring is 1. The Labute approximate surface area is 167 Å². The minimum absolute atomic E-state index is 0.235. The highest BCUT2D eigenvalue weighted by molar-refractivity contribution is 5.68. The van der Waals surface area contributed by atoms with Gasteiger partial charge >= 0.3 is 6.09 Å². The molecule has 2 fully saturated rings. The SMILES string of the molecule is CC(C)(C)OC(=O)N1CCN(c2nc(N)nc3c2CC[C@H]2CCCC[C@@H]32)CC1. The average Bonchev–Trinajstić information content (AvgIpc) is 2.66. The summed E-state index contributed by atoms with van der Waals surface area (Å²) in [6.07, 6.45) is 7.21. The summed E-state index contributed by atoms with van der Waals surface area (Å²) in [6, 6.07) is 0. The predicted octanol–water partition coefficient (Wildman–Crippen LogP) is 3.34. The van der Waals surface area contributed by atoms with Crippen LogP contribution >= 0.6 is 0 Å². The predicted molar refractivity (Wildman–Crippen MR) is 109 cm³/mol. The van der Waals surface area contributed by atoms with Gasteiger partial charge in [0, 0.05) is 37.7 Å². The molecular weight excluding hydrogens is 354 g/mol. The van der Waals surface area contributed by atoms with E-state index in [2.05, 4.69) is 9.88 Å². The Morgan fingerprint density at radius 3 is 2.50 bits per heavy atom. The third kappa shape index (κ3) is 3.89. The number of aromatic nitrogens is 2. The molecule has 2 atom stereocenters. The fraction of sp³-hybridized carbons (Fsp3) is 0.762. The number of nitrogens with zero attached hydrogens (tertiary/aromatic N) is 4. The number of hydrogen-bond donors (Lipinski definition) is 1. The van der Waals surface area contributed by atoms with Gasteiger partial charge in [-0.3, -0.25) is 0 Å². The average molecular weight is 388 g/mol. The molecular formula is C21H33N5O2. The van der Waals surface area contributed by atoms with Gasteiger partial charge in [-0.05, 0) is 52.4 Å². The van der Waals surface area contributed by atoms with Crippen molar-refractivity contribution in [1.29, 1.82) is 0 Å². The topological polar surface area (TPSA) is 84.6 Å². The van der Waals surface area contributed by atoms with E-state index in [0.717, 1.165) is 31.2 Å². The van der Waals surface area contributed by atoms with Gasteiger partial charge in [0.25, 0.3) is 0 Å². The lowest BCUT2D eigenvalue weighted by Gasteiger charge is -2.40. The maximum absolute atomic E-state index is 12.3. The first kappa shape index (κ1) is 19.3. The molecule has 1 saturated carbocycles. The number of amides is 1. The van der Waals surface area contributed by atoms with Crippen molar-refractivity contribution in [2.75, 3.05) is 36.8 Å². The van der Waals surface area contributed by atoms with Crippen molar-refractivity contribution >= 4 is 17.9 Å². The Hall–Kier alpha value is -2.05. The number of fused-ring (bicyclic) bond motifs is 3. The molecule has 7 nitrogen and oxygen atoms in total. The third-order valence-corrected chi connectivity index (χ3v) is 6.29. The third-order valence-electron chi connectivity index (χ3n) is 6.29. The molecule has 0 spiro atoms. The molecule has 2 N–H and O–H groups in total. The molecule has 0 bridgehead atoms. The zero-order valence-corrected chi connectivity index (χ0v) is 17.4. The number of nitrogens with two attached hydrogens (primary N) is 1. The van der Waals surface area contributed by atoms with E-state index in [1.165, 1.54) is 43.4 Å². The maximum Gasteiger partial charge on any atom is 0.410 e. The summed E-state index contributed by atoms with van der Waals surface area (Å²) < 4.78 is 5.51. The smallest absolute Gasteiger partial charge is 0.410 e. The molecule has 154 valence electrons. The van der Waals surface area contributed by atoms with Gasteiger partial charge in [0.05, 0.1) is 5.69 Å². The van der Waals surface area contributed by atoms with Crippen LogP contribution in [0.3, 0.4) is 0 Å². The lowest BCUT2D eigenvalue weighted by molar-refractivity contribution is 0.0240. The molecule has 2 aliphatic carbocycles. The number of anilines is 2. The van der Waals surface area contributed by atoms with E-state index in [0.29, 0.717) is 25.0 Å². The first-order chi connectivity index (χ1) is 13.3. The summed E-state index contributed by atoms with van der Waals surface area (Å²) in [7, 11) is 0. The molecule has 4 rings (SSSR count). The van der Waals surface area contributed by atoms with Gasteiger partial charge in [0.15, 0.2) is 0 Å². The van der Waals surface area contributed by atoms with Crippen molar-refractivity contribution in [2.45, 2.75) is 70.8 Å². The lowest BCUT2D eigenvalue weighted by Crippen LogP contribution is -2.50. The molecule has 1 amide bonds. The van der Waals surface area contributed by atoms with Crippen molar-refractivity contribution in [2.24, 2.45) is 5.92 Å². The van der Waals surface area contributed by atoms with Gasteiger partial charge in [-0.15, -0.1) is 0 Å². The number of carbonyl (C=O) groups is 1. The van der Waals surface area contributed by atoms with E-state index in [-0.39, 0.29) is 6.09 Å². The summed E-state index contributed by atoms with van der Waals surface area (Å²) >= 11 is 0. The van der Waals surface area contributed by atoms with E-state index in [1.807, 2.05) is 20.8 Å². The first-order valence-corrected chi connectivity index (χ1v) is 10.7. The molecule has 0 radical (unpaired) electrons. The van der Waals surface area contributed by atoms with E-state index in [9.17, 15) is 4.79 Å². The molecule has 2 heterocycles. The van der Waals surface area contributed by atoms with E-state index in [4.69, 9.17) is 15.5 Å². The monoisotopic (exact) mass is 387 g/mol. The number of ether oxygens (including phenoxy) is 1. The van der Waals surface area contributed by atoms with Crippen LogP contribution < -0.4 is 10.6 Å². The Kier molecular flexibility index (Phi) is 5.10. The maximum atomic E-state index is 12.3. The van der Waals surface area contributed by atoms with Gasteiger partial charge in [-0.2, -0.15) is 4.98 Å². The largest absolute Gasteiger partial charge is 0.444 e. The lowest BCUT2D eigenvalue weighted by atomic mass is 9.70. The zero-order valence-electron chi connectivity index (χ0n) is 17.4. The second kappa shape index (κ2) is 7.41. The fourth-order valence-corrected chi connectivity index (χ4v) is 4.98. The standard InChI is InChI=1S/C21H33N5O2/c1-21(2,3)28-20(27)26-12-10-25(11-13-26)18-16-9-8-14-6-4-5-7-15(14)17(16)23-19(22)24-18/h14-15H,4-13H2,1-3H3,(H2,22,23,24)/t14-,15-/m1/s1. The highest BCUT2D eigenvalue weighted by Crippen LogP contribution is 2.46. The Balaban J connectivity index is 1.50. The van der Waals surface area contributed by atoms with Crippen molar-refractivity contribution < 1.29 is 9.53 Å². The summed E-state index contributed by atoms with van der Waals surface area (Å²) in [6.45, 7) is 8.46. The molecule has 0 aromatic carbocycles. The molecule has 3 aliphatic rings. The van der Waals surface area contributed by atoms with Gasteiger partial charge in [-0.25, -0.2) is 9.78 Å². The molecule has 1 aromatic heterocycles. The number of rotatable bonds is 1. The zero-order chi connectivity index (χ0) is 19.9. The molecule has 0 unspecified atom stereocenters. The minimum atomic E-state index is -0.467. The highest BCUT2D eigenvalue weighted by atomic mass is 16.6. The molecule has 7 heteroatoms. The van der Waals surface area contributed by atoms with Crippen LogP contribution in [0.15, 0.2) is 0 Å². The van der Waals surface area contributed by atoms with Crippen LogP contribution in [0, 0.1) is 5.92 Å². The summed E-state index contributed by atoms with van der Waals surface area (Å²) in [5, 5.41) is 0.